The van der Waals surface area contributed by atoms with Gasteiger partial charge in [-0.15, -0.1) is 18.1 Å². The van der Waals surface area contributed by atoms with E-state index in [1.807, 2.05) is 79.3 Å². The Kier molecular flexibility index (Phi) is 51.6. The molecule has 0 atom stereocenters. The Bertz CT molecular complexity index is 3090. The average Bonchev–Trinajstić information content (AvgIpc) is 0.803. The third-order valence-electron chi connectivity index (χ3n) is 17.0. The van der Waals surface area contributed by atoms with Crippen molar-refractivity contribution < 1.29 is 60.1 Å². The first-order valence-electron chi connectivity index (χ1n) is 36.3. The lowest BCUT2D eigenvalue weighted by Crippen LogP contribution is -2.41. The number of halogens is 2. The van der Waals surface area contributed by atoms with Crippen LogP contribution < -0.4 is 10.2 Å². The number of aryl methyl sites for hydroxylation is 4. The fourth-order valence-corrected chi connectivity index (χ4v) is 20.7. The van der Waals surface area contributed by atoms with E-state index in [1.54, 1.807) is 20.2 Å². The molecule has 8 rings (SSSR count). The molecule has 4 aromatic rings. The van der Waals surface area contributed by atoms with Crippen molar-refractivity contribution in [1.82, 2.24) is 30.2 Å². The molecule has 578 valence electrons. The molecule has 1 amide bonds. The summed E-state index contributed by atoms with van der Waals surface area (Å²) in [6, 6.07) is 8.35. The Morgan fingerprint density at radius 1 is 0.574 bits per heavy atom. The standard InChI is InChI=1S/C17H24N3O2PS.C16H32NO4PS.C11H24NO2PS.C10H9ClN2.C8H15I.C4H10O3P.C4H10O2PS/c1-12-9-15-16(10-13(12)2)18-11-19-17(15)20-6-3-14(4-7-20)5-8-23(21,22)24;1-6-19-22(23,20-7-2)13-10-14-8-11-17(12-9-14)15(18)21-16(3,4)5;1-3-13-15(16,14-4-2)10-7-11-5-8-12-9-6-11;1-6-3-8-9(4-7(6)2)12-5-13-10(8)11;9-7-6-8-4-2-1-3-5-8;1-3-6-8(5)7-4-2;1-3-5-7(8)6-4-2/h9-11,14H,3-8H2,1-2H3,(H2,21,22,24);14H,6-13H2,1-5H3;11-12H,3-10H2,1-2H3;3-5H,1-2H3;8H,1-7H2;2*3-4H2,1-2H3/q;;;;;2*+1. The zero-order chi connectivity index (χ0) is 75.4. The molecule has 2 aromatic heterocycles. The number of carbonyl (C=O) groups is 1. The van der Waals surface area contributed by atoms with Crippen LogP contribution in [0.4, 0.5) is 10.6 Å². The molecule has 3 N–H and O–H groups in total. The van der Waals surface area contributed by atoms with Gasteiger partial charge in [-0.25, -0.2) is 24.7 Å². The summed E-state index contributed by atoms with van der Waals surface area (Å²) < 4.78 is 58.8. The highest BCUT2D eigenvalue weighted by molar-refractivity contribution is 14.1. The number of hydrogen-bond acceptors (Lipinski definition) is 21. The van der Waals surface area contributed by atoms with E-state index in [4.69, 9.17) is 90.7 Å². The number of hydrogen-bond donors (Lipinski definition) is 3. The van der Waals surface area contributed by atoms with E-state index in [0.29, 0.717) is 76.0 Å². The normalized spacial score (nSPS) is 15.8. The number of benzene rings is 2. The molecule has 0 unspecified atom stereocenters. The minimum atomic E-state index is -3.05. The first-order chi connectivity index (χ1) is 48.0. The lowest BCUT2D eigenvalue weighted by Gasteiger charge is -2.34. The van der Waals surface area contributed by atoms with Crippen molar-refractivity contribution in [2.45, 2.75) is 206 Å². The SMILES string of the molecule is CCOP(=S)(CCC1CCN(C(=O)OC(C)(C)C)CC1)OCC.CCOP(=S)(CCC1CCNCC1)OCC.CCO[P+](=O)OCC.CCO[P+](=S)OCC.Cc1cc2ncnc(Cl)c2cc1C.Cc1cc2ncnc(N3CCC(CCP(O)(O)=S)CC3)c2cc1C.ICCC1CCCCC1. The van der Waals surface area contributed by atoms with Crippen LogP contribution in [0.15, 0.2) is 36.9 Å². The van der Waals surface area contributed by atoms with Crippen molar-refractivity contribution in [2.24, 2.45) is 23.7 Å². The number of piperidine rings is 3. The summed E-state index contributed by atoms with van der Waals surface area (Å²) >= 11 is 29.0. The third kappa shape index (κ3) is 42.2. The van der Waals surface area contributed by atoms with Gasteiger partial charge in [0.1, 0.15) is 55.7 Å². The second kappa shape index (κ2) is 54.0. The third-order valence-corrected chi connectivity index (χ3v) is 28.4. The number of alkyl halides is 1. The first kappa shape index (κ1) is 96.4. The minimum Gasteiger partial charge on any atom is -0.444 e. The minimum absolute atomic E-state index is 0.204. The number of likely N-dealkylation sites (tertiary alicyclic amines) is 1. The van der Waals surface area contributed by atoms with Gasteiger partial charge in [0, 0.05) is 60.0 Å². The quantitative estimate of drug-likeness (QED) is 0.0208. The molecule has 4 aliphatic rings. The van der Waals surface area contributed by atoms with Crippen molar-refractivity contribution >= 4 is 150 Å². The molecule has 1 saturated carbocycles. The monoisotopic (exact) mass is 1720 g/mol. The smallest absolute Gasteiger partial charge is 0.444 e. The van der Waals surface area contributed by atoms with Gasteiger partial charge in [0.25, 0.3) is 0 Å². The number of rotatable bonds is 28. The molecule has 4 fully saturated rings. The van der Waals surface area contributed by atoms with Crippen molar-refractivity contribution in [3.63, 3.8) is 0 Å². The van der Waals surface area contributed by atoms with E-state index in [0.717, 1.165) is 130 Å². The van der Waals surface area contributed by atoms with Crippen LogP contribution in [0, 0.1) is 51.4 Å². The Labute approximate surface area is 648 Å². The number of amides is 1. The summed E-state index contributed by atoms with van der Waals surface area (Å²) in [5.74, 6) is 4.01. The Hall–Kier alpha value is -0.660. The molecule has 5 heterocycles. The van der Waals surface area contributed by atoms with Crippen molar-refractivity contribution in [1.29, 1.82) is 0 Å². The maximum atomic E-state index is 12.1. The number of aromatic nitrogens is 4. The van der Waals surface area contributed by atoms with Crippen LogP contribution in [0.3, 0.4) is 0 Å². The maximum absolute atomic E-state index is 12.1. The number of fused-ring (bicyclic) bond motifs is 2. The van der Waals surface area contributed by atoms with E-state index in [2.05, 4.69) is 102 Å². The van der Waals surface area contributed by atoms with E-state index >= 15 is 0 Å². The van der Waals surface area contributed by atoms with Crippen LogP contribution in [-0.4, -0.2) is 161 Å². The van der Waals surface area contributed by atoms with E-state index in [9.17, 15) is 19.1 Å². The first-order valence-corrected chi connectivity index (χ1v) is 50.0. The molecule has 31 heteroatoms. The summed E-state index contributed by atoms with van der Waals surface area (Å²) in [7, 11) is -2.83. The Balaban J connectivity index is 0.000000418. The summed E-state index contributed by atoms with van der Waals surface area (Å²) in [6.07, 6.45) is 23.6. The van der Waals surface area contributed by atoms with Gasteiger partial charge in [0.15, 0.2) is 19.5 Å². The second-order valence-corrected chi connectivity index (χ2v) is 41.5. The molecular weight excluding hydrogens is 1590 g/mol. The lowest BCUT2D eigenvalue weighted by molar-refractivity contribution is 0.0182. The van der Waals surface area contributed by atoms with Crippen LogP contribution in [0.25, 0.3) is 21.8 Å². The Morgan fingerprint density at radius 2 is 0.980 bits per heavy atom. The van der Waals surface area contributed by atoms with Gasteiger partial charge in [-0.2, -0.15) is 0 Å². The van der Waals surface area contributed by atoms with Crippen molar-refractivity contribution in [3.8, 4) is 0 Å². The summed E-state index contributed by atoms with van der Waals surface area (Å²) in [6.45, 7) is 32.5. The van der Waals surface area contributed by atoms with Crippen molar-refractivity contribution in [2.75, 3.05) is 120 Å². The molecule has 0 radical (unpaired) electrons. The molecule has 3 saturated heterocycles. The van der Waals surface area contributed by atoms with Crippen LogP contribution >= 0.6 is 69.1 Å². The average molecular weight is 1720 g/mol. The fourth-order valence-electron chi connectivity index (χ4n) is 11.5. The highest BCUT2D eigenvalue weighted by atomic mass is 127. The highest BCUT2D eigenvalue weighted by Gasteiger charge is 2.30. The summed E-state index contributed by atoms with van der Waals surface area (Å²) in [5.41, 5.74) is 6.40. The molecular formula is C70H124ClIN7O13P5S4+2. The second-order valence-electron chi connectivity index (χ2n) is 26.0. The Morgan fingerprint density at radius 3 is 1.42 bits per heavy atom. The number of anilines is 1. The molecule has 1 aliphatic carbocycles. The van der Waals surface area contributed by atoms with Crippen LogP contribution in [0.5, 0.6) is 0 Å². The number of nitrogens with zero attached hydrogens (tertiary/aromatic N) is 6. The number of nitrogens with one attached hydrogen (secondary N) is 1. The van der Waals surface area contributed by atoms with E-state index in [1.165, 1.54) is 90.8 Å². The predicted molar refractivity (Wildman–Crippen MR) is 445 cm³/mol. The van der Waals surface area contributed by atoms with Gasteiger partial charge in [-0.3, -0.25) is 0 Å². The fraction of sp³-hybridized carbons (Fsp3) is 0.757. The van der Waals surface area contributed by atoms with Gasteiger partial charge < -0.3 is 47.7 Å². The topological polar surface area (TPSA) is 228 Å². The highest BCUT2D eigenvalue weighted by Crippen LogP contribution is 2.51. The lowest BCUT2D eigenvalue weighted by atomic mass is 9.88. The van der Waals surface area contributed by atoms with Gasteiger partial charge >= 0.3 is 21.5 Å². The molecule has 101 heavy (non-hydrogen) atoms. The maximum Gasteiger partial charge on any atom is 0.697 e. The number of ether oxygens (including phenoxy) is 1. The van der Waals surface area contributed by atoms with Gasteiger partial charge in [-0.05, 0) is 291 Å². The van der Waals surface area contributed by atoms with Crippen molar-refractivity contribution in [3.05, 3.63) is 64.3 Å². The molecule has 0 spiro atoms. The zero-order valence-electron chi connectivity index (χ0n) is 63.3. The zero-order valence-corrected chi connectivity index (χ0v) is 74.0. The summed E-state index contributed by atoms with van der Waals surface area (Å²) in [5, 5.41) is 5.94. The van der Waals surface area contributed by atoms with E-state index in [-0.39, 0.29) is 6.09 Å². The largest absolute Gasteiger partial charge is 0.697 e. The predicted octanol–water partition coefficient (Wildman–Crippen LogP) is 20.2. The molecule has 2 aromatic carbocycles. The number of carbonyl (C=O) groups excluding carboxylic acids is 1. The van der Waals surface area contributed by atoms with Gasteiger partial charge in [0.2, 0.25) is 11.8 Å². The van der Waals surface area contributed by atoms with Gasteiger partial charge in [-0.1, -0.05) is 66.3 Å². The van der Waals surface area contributed by atoms with Crippen LogP contribution in [0.1, 0.15) is 195 Å². The van der Waals surface area contributed by atoms with E-state index < -0.39 is 40.5 Å². The summed E-state index contributed by atoms with van der Waals surface area (Å²) in [4.78, 5) is 52.0. The van der Waals surface area contributed by atoms with Crippen LogP contribution in [-0.2, 0) is 92.7 Å². The molecule has 20 nitrogen and oxygen atoms in total. The van der Waals surface area contributed by atoms with Gasteiger partial charge in [0.05, 0.1) is 37.5 Å². The molecule has 3 aliphatic heterocycles. The van der Waals surface area contributed by atoms with Crippen LogP contribution in [0.2, 0.25) is 5.15 Å². The molecule has 0 bridgehead atoms.